The van der Waals surface area contributed by atoms with Crippen LogP contribution in [0.2, 0.25) is 0 Å². The molecule has 0 unspecified atom stereocenters. The van der Waals surface area contributed by atoms with Gasteiger partial charge in [-0.25, -0.2) is 0 Å². The Kier molecular flexibility index (Phi) is 4.70. The van der Waals surface area contributed by atoms with Crippen LogP contribution in [-0.4, -0.2) is 0 Å². The van der Waals surface area contributed by atoms with Gasteiger partial charge in [-0.05, 0) is 58.8 Å². The molecule has 120 valence electrons. The van der Waals surface area contributed by atoms with Crippen molar-refractivity contribution in [3.63, 3.8) is 0 Å². The van der Waals surface area contributed by atoms with Gasteiger partial charge in [0.05, 0.1) is 0 Å². The molecular weight excluding hydrogens is 264 g/mol. The van der Waals surface area contributed by atoms with Gasteiger partial charge < -0.3 is 0 Å². The van der Waals surface area contributed by atoms with Crippen molar-refractivity contribution in [2.75, 3.05) is 0 Å². The van der Waals surface area contributed by atoms with E-state index in [4.69, 9.17) is 0 Å². The number of hydrogen-bond acceptors (Lipinski definition) is 0. The molecule has 1 aliphatic carbocycles. The summed E-state index contributed by atoms with van der Waals surface area (Å²) in [5.41, 5.74) is 7.59. The summed E-state index contributed by atoms with van der Waals surface area (Å²) in [4.78, 5) is 0. The van der Waals surface area contributed by atoms with Crippen LogP contribution in [0.4, 0.5) is 0 Å². The van der Waals surface area contributed by atoms with Gasteiger partial charge in [0.1, 0.15) is 0 Å². The highest BCUT2D eigenvalue weighted by molar-refractivity contribution is 5.68. The fraction of sp³-hybridized carbons (Fsp3) is 0.545. The Balaban J connectivity index is 2.51. The van der Waals surface area contributed by atoms with E-state index in [0.29, 0.717) is 0 Å². The van der Waals surface area contributed by atoms with Gasteiger partial charge in [-0.1, -0.05) is 78.0 Å². The minimum absolute atomic E-state index is 0.185. The van der Waals surface area contributed by atoms with Gasteiger partial charge in [0.15, 0.2) is 0 Å². The van der Waals surface area contributed by atoms with Crippen LogP contribution < -0.4 is 0 Å². The minimum Gasteiger partial charge on any atom is -0.0998 e. The number of rotatable bonds is 1. The lowest BCUT2D eigenvalue weighted by Crippen LogP contribution is -2.17. The van der Waals surface area contributed by atoms with E-state index in [2.05, 4.69) is 72.4 Å². The SMILES string of the molecule is C=C1CCC=C(c2cc(C(C)(C)C)cc(C(C)(C)C)c2)CC1. The molecule has 0 heteroatoms. The zero-order chi connectivity index (χ0) is 16.5. The normalized spacial score (nSPS) is 17.2. The van der Waals surface area contributed by atoms with Crippen LogP contribution in [0.15, 0.2) is 36.4 Å². The van der Waals surface area contributed by atoms with E-state index in [1.54, 1.807) is 0 Å². The van der Waals surface area contributed by atoms with Gasteiger partial charge in [0.2, 0.25) is 0 Å². The molecule has 0 aliphatic heterocycles. The highest BCUT2D eigenvalue weighted by Crippen LogP contribution is 2.35. The molecule has 0 aromatic heterocycles. The van der Waals surface area contributed by atoms with Crippen LogP contribution in [0, 0.1) is 0 Å². The van der Waals surface area contributed by atoms with Gasteiger partial charge >= 0.3 is 0 Å². The Hall–Kier alpha value is -1.30. The van der Waals surface area contributed by atoms with E-state index in [1.807, 2.05) is 0 Å². The quantitative estimate of drug-likeness (QED) is 0.500. The molecule has 0 nitrogen and oxygen atoms in total. The highest BCUT2D eigenvalue weighted by Gasteiger charge is 2.21. The lowest BCUT2D eigenvalue weighted by molar-refractivity contribution is 0.568. The van der Waals surface area contributed by atoms with Crippen LogP contribution in [0.3, 0.4) is 0 Å². The maximum absolute atomic E-state index is 4.18. The summed E-state index contributed by atoms with van der Waals surface area (Å²) in [6.07, 6.45) is 6.99. The summed E-state index contributed by atoms with van der Waals surface area (Å²) in [7, 11) is 0. The van der Waals surface area contributed by atoms with Gasteiger partial charge in [0.25, 0.3) is 0 Å². The highest BCUT2D eigenvalue weighted by atomic mass is 14.3. The van der Waals surface area contributed by atoms with Crippen LogP contribution in [0.25, 0.3) is 5.57 Å². The Bertz CT molecular complexity index is 553. The lowest BCUT2D eigenvalue weighted by atomic mass is 9.78. The lowest BCUT2D eigenvalue weighted by Gasteiger charge is -2.26. The first-order valence-corrected chi connectivity index (χ1v) is 8.59. The second-order valence-corrected chi connectivity index (χ2v) is 8.82. The molecule has 22 heavy (non-hydrogen) atoms. The number of benzene rings is 1. The van der Waals surface area contributed by atoms with Crippen molar-refractivity contribution < 1.29 is 0 Å². The molecule has 2 rings (SSSR count). The third-order valence-electron chi connectivity index (χ3n) is 4.67. The Morgan fingerprint density at radius 1 is 0.773 bits per heavy atom. The molecule has 1 aliphatic rings. The Morgan fingerprint density at radius 3 is 1.82 bits per heavy atom. The van der Waals surface area contributed by atoms with Crippen molar-refractivity contribution in [2.45, 2.75) is 78.1 Å². The molecular formula is C22H32. The molecule has 0 heterocycles. The van der Waals surface area contributed by atoms with Crippen molar-refractivity contribution in [3.05, 3.63) is 53.1 Å². The molecule has 0 radical (unpaired) electrons. The largest absolute Gasteiger partial charge is 0.0998 e. The van der Waals surface area contributed by atoms with Gasteiger partial charge in [0, 0.05) is 0 Å². The van der Waals surface area contributed by atoms with Crippen LogP contribution in [-0.2, 0) is 10.8 Å². The molecule has 0 fully saturated rings. The Morgan fingerprint density at radius 2 is 1.32 bits per heavy atom. The fourth-order valence-corrected chi connectivity index (χ4v) is 2.93. The molecule has 0 amide bonds. The molecule has 1 aromatic rings. The monoisotopic (exact) mass is 296 g/mol. The van der Waals surface area contributed by atoms with E-state index < -0.39 is 0 Å². The molecule has 0 bridgehead atoms. The average molecular weight is 296 g/mol. The van der Waals surface area contributed by atoms with Gasteiger partial charge in [-0.2, -0.15) is 0 Å². The molecule has 0 atom stereocenters. The third-order valence-corrected chi connectivity index (χ3v) is 4.67. The van der Waals surface area contributed by atoms with E-state index in [-0.39, 0.29) is 10.8 Å². The standard InChI is InChI=1S/C22H32/c1-16-9-8-10-17(12-11-16)18-13-19(21(2,3)4)15-20(14-18)22(5,6)7/h10,13-15H,1,8-9,11-12H2,2-7H3. The third kappa shape index (κ3) is 4.12. The summed E-state index contributed by atoms with van der Waals surface area (Å²) in [5.74, 6) is 0. The average Bonchev–Trinajstić information content (AvgIpc) is 2.61. The van der Waals surface area contributed by atoms with E-state index in [1.165, 1.54) is 27.8 Å². The molecule has 0 spiro atoms. The molecule has 0 N–H and O–H groups in total. The second kappa shape index (κ2) is 6.07. The predicted octanol–water partition coefficient (Wildman–Crippen LogP) is 6.80. The van der Waals surface area contributed by atoms with Crippen molar-refractivity contribution in [2.24, 2.45) is 0 Å². The molecule has 1 aromatic carbocycles. The smallest absolute Gasteiger partial charge is 0.0132 e. The van der Waals surface area contributed by atoms with E-state index in [0.717, 1.165) is 25.7 Å². The first-order valence-electron chi connectivity index (χ1n) is 8.59. The van der Waals surface area contributed by atoms with Crippen LogP contribution in [0.1, 0.15) is 83.9 Å². The van der Waals surface area contributed by atoms with Crippen molar-refractivity contribution in [1.82, 2.24) is 0 Å². The van der Waals surface area contributed by atoms with Gasteiger partial charge in [-0.15, -0.1) is 0 Å². The fourth-order valence-electron chi connectivity index (χ4n) is 2.93. The van der Waals surface area contributed by atoms with E-state index in [9.17, 15) is 0 Å². The maximum atomic E-state index is 4.18. The van der Waals surface area contributed by atoms with Crippen molar-refractivity contribution in [3.8, 4) is 0 Å². The summed E-state index contributed by atoms with van der Waals surface area (Å²) < 4.78 is 0. The van der Waals surface area contributed by atoms with E-state index >= 15 is 0 Å². The summed E-state index contributed by atoms with van der Waals surface area (Å²) in [5, 5.41) is 0. The van der Waals surface area contributed by atoms with Crippen LogP contribution in [0.5, 0.6) is 0 Å². The zero-order valence-electron chi connectivity index (χ0n) is 15.3. The summed E-state index contributed by atoms with van der Waals surface area (Å²) in [6.45, 7) is 18.0. The summed E-state index contributed by atoms with van der Waals surface area (Å²) in [6, 6.07) is 7.23. The molecule has 0 saturated heterocycles. The molecule has 0 saturated carbocycles. The van der Waals surface area contributed by atoms with Crippen molar-refractivity contribution in [1.29, 1.82) is 0 Å². The second-order valence-electron chi connectivity index (χ2n) is 8.82. The number of hydrogen-bond donors (Lipinski definition) is 0. The first kappa shape index (κ1) is 17.1. The van der Waals surface area contributed by atoms with Crippen molar-refractivity contribution >= 4 is 5.57 Å². The minimum atomic E-state index is 0.185. The maximum Gasteiger partial charge on any atom is -0.0132 e. The summed E-state index contributed by atoms with van der Waals surface area (Å²) >= 11 is 0. The van der Waals surface area contributed by atoms with Crippen LogP contribution >= 0.6 is 0 Å². The zero-order valence-corrected chi connectivity index (χ0v) is 15.3. The Labute approximate surface area is 137 Å². The van der Waals surface area contributed by atoms with Gasteiger partial charge in [-0.3, -0.25) is 0 Å². The first-order chi connectivity index (χ1) is 10.1. The topological polar surface area (TPSA) is 0 Å². The number of allylic oxidation sites excluding steroid dienone is 3. The predicted molar refractivity (Wildman–Crippen MR) is 99.4 cm³/mol.